The summed E-state index contributed by atoms with van der Waals surface area (Å²) in [7, 11) is 6.47. The van der Waals surface area contributed by atoms with Gasteiger partial charge in [-0.15, -0.1) is 0 Å². The molecule has 2 aromatic rings. The number of hydrogen-bond acceptors (Lipinski definition) is 8. The predicted molar refractivity (Wildman–Crippen MR) is 108 cm³/mol. The Kier molecular flexibility index (Phi) is 5.44. The molecular formula is C22H25NO7. The maximum atomic E-state index is 11.9. The van der Waals surface area contributed by atoms with E-state index in [1.807, 2.05) is 18.0 Å². The minimum Gasteiger partial charge on any atom is -0.493 e. The van der Waals surface area contributed by atoms with Crippen LogP contribution in [0.1, 0.15) is 39.2 Å². The Morgan fingerprint density at radius 1 is 1.17 bits per heavy atom. The van der Waals surface area contributed by atoms with Crippen LogP contribution >= 0.6 is 0 Å². The van der Waals surface area contributed by atoms with Gasteiger partial charge in [0.1, 0.15) is 0 Å². The van der Waals surface area contributed by atoms with E-state index in [0.29, 0.717) is 40.6 Å². The lowest BCUT2D eigenvalue weighted by atomic mass is 9.84. The van der Waals surface area contributed by atoms with Gasteiger partial charge in [0.15, 0.2) is 29.3 Å². The van der Waals surface area contributed by atoms with Crippen molar-refractivity contribution in [2.45, 2.75) is 18.6 Å². The van der Waals surface area contributed by atoms with Crippen LogP contribution < -0.4 is 23.7 Å². The number of hydrogen-bond donors (Lipinski definition) is 1. The van der Waals surface area contributed by atoms with Gasteiger partial charge < -0.3 is 28.8 Å². The minimum absolute atomic E-state index is 0.128. The smallest absolute Gasteiger partial charge is 0.231 e. The lowest BCUT2D eigenvalue weighted by Gasteiger charge is -2.39. The van der Waals surface area contributed by atoms with Crippen molar-refractivity contribution in [2.75, 3.05) is 41.7 Å². The standard InChI is InChI=1S/C22H25NO7/c1-23-8-7-12-9-16-21(30-11-29-16)22(28-4)17(12)18(23)19(25)13-5-6-15(26-2)20(27-3)14(13)10-24/h5-6,9-10,18-19,25H,7-8,11H2,1-4H3. The van der Waals surface area contributed by atoms with Crippen molar-refractivity contribution >= 4 is 6.29 Å². The molecule has 0 bridgehead atoms. The van der Waals surface area contributed by atoms with Gasteiger partial charge in [0.2, 0.25) is 12.5 Å². The first-order chi connectivity index (χ1) is 14.5. The summed E-state index contributed by atoms with van der Waals surface area (Å²) in [6.07, 6.45) is 0.429. The van der Waals surface area contributed by atoms with Gasteiger partial charge in [0.05, 0.1) is 39.0 Å². The van der Waals surface area contributed by atoms with Gasteiger partial charge in [0.25, 0.3) is 0 Å². The number of likely N-dealkylation sites (N-methyl/N-ethyl adjacent to an activating group) is 1. The van der Waals surface area contributed by atoms with Gasteiger partial charge in [-0.3, -0.25) is 9.69 Å². The number of carbonyl (C=O) groups is 1. The highest BCUT2D eigenvalue weighted by Crippen LogP contribution is 2.52. The molecule has 0 radical (unpaired) electrons. The van der Waals surface area contributed by atoms with E-state index < -0.39 is 12.1 Å². The van der Waals surface area contributed by atoms with Crippen molar-refractivity contribution in [1.82, 2.24) is 4.90 Å². The van der Waals surface area contributed by atoms with Crippen LogP contribution in [0.25, 0.3) is 0 Å². The topological polar surface area (TPSA) is 86.7 Å². The molecule has 0 spiro atoms. The molecule has 160 valence electrons. The SMILES string of the molecule is COc1ccc(C(O)C2c3c(cc4c(c3OC)OCO4)CCN2C)c(C=O)c1OC. The molecule has 2 aromatic carbocycles. The highest BCUT2D eigenvalue weighted by atomic mass is 16.7. The van der Waals surface area contributed by atoms with Crippen LogP contribution in [0.15, 0.2) is 18.2 Å². The van der Waals surface area contributed by atoms with Crippen LogP contribution in [0.3, 0.4) is 0 Å². The highest BCUT2D eigenvalue weighted by molar-refractivity contribution is 5.84. The molecule has 2 unspecified atom stereocenters. The Balaban J connectivity index is 1.88. The van der Waals surface area contributed by atoms with Gasteiger partial charge in [-0.05, 0) is 36.7 Å². The normalized spacial score (nSPS) is 18.5. The van der Waals surface area contributed by atoms with Crippen molar-refractivity contribution in [3.8, 4) is 28.7 Å². The van der Waals surface area contributed by atoms with Crippen LogP contribution in [0.5, 0.6) is 28.7 Å². The van der Waals surface area contributed by atoms with Gasteiger partial charge >= 0.3 is 0 Å². The Morgan fingerprint density at radius 2 is 1.93 bits per heavy atom. The van der Waals surface area contributed by atoms with Gasteiger partial charge in [-0.1, -0.05) is 6.07 Å². The summed E-state index contributed by atoms with van der Waals surface area (Å²) in [5.41, 5.74) is 2.55. The van der Waals surface area contributed by atoms with E-state index in [4.69, 9.17) is 23.7 Å². The number of aldehydes is 1. The summed E-state index contributed by atoms with van der Waals surface area (Å²) in [6, 6.07) is 4.86. The van der Waals surface area contributed by atoms with E-state index in [1.165, 1.54) is 14.2 Å². The average molecular weight is 415 g/mol. The summed E-state index contributed by atoms with van der Waals surface area (Å²) in [5, 5.41) is 11.5. The first kappa shape index (κ1) is 20.3. The van der Waals surface area contributed by atoms with Crippen molar-refractivity contribution in [2.24, 2.45) is 0 Å². The molecule has 2 heterocycles. The number of benzene rings is 2. The Labute approximate surface area is 174 Å². The Bertz CT molecular complexity index is 975. The van der Waals surface area contributed by atoms with Crippen molar-refractivity contribution < 1.29 is 33.6 Å². The fourth-order valence-electron chi connectivity index (χ4n) is 4.38. The second kappa shape index (κ2) is 8.04. The maximum Gasteiger partial charge on any atom is 0.231 e. The molecule has 0 fully saturated rings. The van der Waals surface area contributed by atoms with E-state index in [-0.39, 0.29) is 12.4 Å². The maximum absolute atomic E-state index is 11.9. The number of nitrogens with zero attached hydrogens (tertiary/aromatic N) is 1. The van der Waals surface area contributed by atoms with Crippen molar-refractivity contribution in [3.05, 3.63) is 40.5 Å². The van der Waals surface area contributed by atoms with Crippen molar-refractivity contribution in [3.63, 3.8) is 0 Å². The van der Waals surface area contributed by atoms with Crippen LogP contribution in [0.4, 0.5) is 0 Å². The molecule has 2 aliphatic heterocycles. The van der Waals surface area contributed by atoms with Gasteiger partial charge in [0, 0.05) is 12.1 Å². The highest BCUT2D eigenvalue weighted by Gasteiger charge is 2.39. The zero-order chi connectivity index (χ0) is 21.4. The first-order valence-corrected chi connectivity index (χ1v) is 9.63. The fraction of sp³-hybridized carbons (Fsp3) is 0.409. The third kappa shape index (κ3) is 3.03. The molecule has 0 saturated heterocycles. The quantitative estimate of drug-likeness (QED) is 0.721. The average Bonchev–Trinajstić information content (AvgIpc) is 3.24. The van der Waals surface area contributed by atoms with E-state index in [9.17, 15) is 9.90 Å². The van der Waals surface area contributed by atoms with Crippen LogP contribution in [-0.4, -0.2) is 58.0 Å². The molecule has 8 heteroatoms. The van der Waals surface area contributed by atoms with E-state index >= 15 is 0 Å². The second-order valence-electron chi connectivity index (χ2n) is 7.26. The van der Waals surface area contributed by atoms with Gasteiger partial charge in [-0.2, -0.15) is 0 Å². The summed E-state index contributed by atoms with van der Waals surface area (Å²) < 4.78 is 27.6. The zero-order valence-electron chi connectivity index (χ0n) is 17.4. The minimum atomic E-state index is -1.02. The number of fused-ring (bicyclic) bond motifs is 2. The molecule has 8 nitrogen and oxygen atoms in total. The van der Waals surface area contributed by atoms with Crippen molar-refractivity contribution in [1.29, 1.82) is 0 Å². The van der Waals surface area contributed by atoms with E-state index in [0.717, 1.165) is 24.1 Å². The number of ether oxygens (including phenoxy) is 5. The number of aliphatic hydroxyl groups excluding tert-OH is 1. The number of rotatable bonds is 6. The number of carbonyl (C=O) groups excluding carboxylic acids is 1. The molecule has 4 rings (SSSR count). The molecule has 0 aromatic heterocycles. The Hall–Kier alpha value is -2.97. The third-order valence-corrected chi connectivity index (χ3v) is 5.81. The lowest BCUT2D eigenvalue weighted by Crippen LogP contribution is -2.36. The Morgan fingerprint density at radius 3 is 2.60 bits per heavy atom. The second-order valence-corrected chi connectivity index (χ2v) is 7.26. The molecule has 30 heavy (non-hydrogen) atoms. The van der Waals surface area contributed by atoms with E-state index in [1.54, 1.807) is 19.2 Å². The zero-order valence-corrected chi connectivity index (χ0v) is 17.4. The lowest BCUT2D eigenvalue weighted by molar-refractivity contribution is 0.0533. The summed E-state index contributed by atoms with van der Waals surface area (Å²) in [4.78, 5) is 14.0. The monoisotopic (exact) mass is 415 g/mol. The molecule has 1 N–H and O–H groups in total. The number of aliphatic hydroxyl groups is 1. The fourth-order valence-corrected chi connectivity index (χ4v) is 4.38. The molecule has 0 saturated carbocycles. The van der Waals surface area contributed by atoms with Crippen LogP contribution in [0.2, 0.25) is 0 Å². The van der Waals surface area contributed by atoms with Gasteiger partial charge in [-0.25, -0.2) is 0 Å². The summed E-state index contributed by atoms with van der Waals surface area (Å²) in [5.74, 6) is 2.44. The van der Waals surface area contributed by atoms with E-state index in [2.05, 4.69) is 0 Å². The molecule has 2 aliphatic rings. The summed E-state index contributed by atoms with van der Waals surface area (Å²) >= 11 is 0. The molecule has 0 amide bonds. The summed E-state index contributed by atoms with van der Waals surface area (Å²) in [6.45, 7) is 0.851. The predicted octanol–water partition coefficient (Wildman–Crippen LogP) is 2.52. The molecular weight excluding hydrogens is 390 g/mol. The number of methoxy groups -OCH3 is 3. The first-order valence-electron chi connectivity index (χ1n) is 9.63. The van der Waals surface area contributed by atoms with Crippen LogP contribution in [-0.2, 0) is 6.42 Å². The largest absolute Gasteiger partial charge is 0.493 e. The molecule has 2 atom stereocenters. The molecule has 0 aliphatic carbocycles. The third-order valence-electron chi connectivity index (χ3n) is 5.81. The van der Waals surface area contributed by atoms with Crippen LogP contribution in [0, 0.1) is 0 Å².